The summed E-state index contributed by atoms with van der Waals surface area (Å²) in [6.45, 7) is 5.20. The fourth-order valence-corrected chi connectivity index (χ4v) is 6.85. The van der Waals surface area contributed by atoms with E-state index in [-0.39, 0.29) is 24.5 Å². The van der Waals surface area contributed by atoms with Crippen LogP contribution in [-0.4, -0.2) is 41.3 Å². The van der Waals surface area contributed by atoms with Gasteiger partial charge in [0.1, 0.15) is 4.88 Å². The Bertz CT molecular complexity index is 740. The minimum absolute atomic E-state index is 0.0218. The van der Waals surface area contributed by atoms with Crippen molar-refractivity contribution in [2.45, 2.75) is 115 Å². The molecule has 2 aliphatic rings. The van der Waals surface area contributed by atoms with Gasteiger partial charge in [0.2, 0.25) is 6.43 Å². The topological polar surface area (TPSA) is 60.8 Å². The van der Waals surface area contributed by atoms with Crippen molar-refractivity contribution in [3.63, 3.8) is 0 Å². The number of thiophene rings is 1. The van der Waals surface area contributed by atoms with Crippen molar-refractivity contribution in [1.29, 1.82) is 0 Å². The lowest BCUT2D eigenvalue weighted by Gasteiger charge is -2.40. The Morgan fingerprint density at radius 3 is 2.33 bits per heavy atom. The van der Waals surface area contributed by atoms with Gasteiger partial charge in [-0.1, -0.05) is 33.1 Å². The van der Waals surface area contributed by atoms with Crippen LogP contribution in [0, 0.1) is 11.8 Å². The van der Waals surface area contributed by atoms with Gasteiger partial charge in [-0.05, 0) is 75.2 Å². The van der Waals surface area contributed by atoms with Crippen molar-refractivity contribution in [2.75, 3.05) is 11.4 Å². The molecule has 0 aromatic carbocycles. The van der Waals surface area contributed by atoms with Gasteiger partial charge in [0.25, 0.3) is 0 Å². The molecule has 4 nitrogen and oxygen atoms in total. The number of anilines is 1. The van der Waals surface area contributed by atoms with E-state index in [0.717, 1.165) is 61.6 Å². The summed E-state index contributed by atoms with van der Waals surface area (Å²) in [6.07, 6.45) is 7.30. The summed E-state index contributed by atoms with van der Waals surface area (Å²) >= 11 is 1.29. The molecule has 0 radical (unpaired) electrons. The first-order valence-corrected chi connectivity index (χ1v) is 13.7. The van der Waals surface area contributed by atoms with Crippen LogP contribution < -0.4 is 4.90 Å². The van der Waals surface area contributed by atoms with Crippen LogP contribution >= 0.6 is 11.3 Å². The molecular weight excluding hydrogens is 444 g/mol. The zero-order valence-corrected chi connectivity index (χ0v) is 21.0. The Morgan fingerprint density at radius 1 is 1.09 bits per heavy atom. The molecule has 1 heterocycles. The van der Waals surface area contributed by atoms with Crippen molar-refractivity contribution >= 4 is 23.0 Å². The fraction of sp³-hybridized carbons (Fsp3) is 0.808. The first-order valence-electron chi connectivity index (χ1n) is 12.9. The SMILES string of the molecule is CCCC(CCC(F)F)c1cc(N(CC2CCC(C)CC2)C2CCC(O)CC2)c(C(=O)O)s1. The van der Waals surface area contributed by atoms with E-state index in [1.54, 1.807) is 0 Å². The Balaban J connectivity index is 1.90. The van der Waals surface area contributed by atoms with Gasteiger partial charge in [0, 0.05) is 23.9 Å². The van der Waals surface area contributed by atoms with Crippen LogP contribution in [0.2, 0.25) is 0 Å². The normalized spacial score (nSPS) is 27.0. The van der Waals surface area contributed by atoms with E-state index in [0.29, 0.717) is 17.2 Å². The van der Waals surface area contributed by atoms with Crippen molar-refractivity contribution in [3.8, 4) is 0 Å². The van der Waals surface area contributed by atoms with Gasteiger partial charge in [-0.2, -0.15) is 0 Å². The van der Waals surface area contributed by atoms with E-state index in [1.807, 2.05) is 13.0 Å². The largest absolute Gasteiger partial charge is 0.477 e. The molecule has 2 saturated carbocycles. The zero-order chi connectivity index (χ0) is 24.0. The molecule has 0 bridgehead atoms. The molecule has 7 heteroatoms. The van der Waals surface area contributed by atoms with Crippen molar-refractivity contribution in [2.24, 2.45) is 11.8 Å². The summed E-state index contributed by atoms with van der Waals surface area (Å²) in [6, 6.07) is 2.23. The summed E-state index contributed by atoms with van der Waals surface area (Å²) < 4.78 is 25.9. The van der Waals surface area contributed by atoms with Crippen LogP contribution in [0.4, 0.5) is 14.5 Å². The van der Waals surface area contributed by atoms with Gasteiger partial charge < -0.3 is 15.1 Å². The van der Waals surface area contributed by atoms with Crippen molar-refractivity contribution < 1.29 is 23.8 Å². The van der Waals surface area contributed by atoms with E-state index in [9.17, 15) is 23.8 Å². The number of carboxylic acid groups (broad SMARTS) is 1. The average molecular weight is 486 g/mol. The smallest absolute Gasteiger partial charge is 0.348 e. The second kappa shape index (κ2) is 12.5. The molecule has 188 valence electrons. The molecule has 2 fully saturated rings. The number of aromatic carboxylic acids is 1. The van der Waals surface area contributed by atoms with Crippen molar-refractivity contribution in [1.82, 2.24) is 0 Å². The number of aliphatic hydroxyl groups is 1. The minimum Gasteiger partial charge on any atom is -0.477 e. The zero-order valence-electron chi connectivity index (χ0n) is 20.1. The van der Waals surface area contributed by atoms with Crippen LogP contribution in [0.25, 0.3) is 0 Å². The molecule has 1 aromatic heterocycles. The maximum Gasteiger partial charge on any atom is 0.348 e. The van der Waals surface area contributed by atoms with Gasteiger partial charge in [-0.25, -0.2) is 13.6 Å². The number of nitrogens with zero attached hydrogens (tertiary/aromatic N) is 1. The number of halogens is 2. The van der Waals surface area contributed by atoms with Crippen LogP contribution in [0.3, 0.4) is 0 Å². The minimum atomic E-state index is -2.33. The van der Waals surface area contributed by atoms with E-state index < -0.39 is 12.4 Å². The van der Waals surface area contributed by atoms with Crippen LogP contribution in [0.1, 0.15) is 111 Å². The first-order chi connectivity index (χ1) is 15.8. The van der Waals surface area contributed by atoms with Gasteiger partial charge in [-0.15, -0.1) is 11.3 Å². The quantitative estimate of drug-likeness (QED) is 0.345. The number of rotatable bonds is 11. The van der Waals surface area contributed by atoms with Crippen LogP contribution in [0.15, 0.2) is 6.07 Å². The molecule has 2 aliphatic carbocycles. The molecule has 1 atom stereocenters. The number of hydrogen-bond donors (Lipinski definition) is 2. The van der Waals surface area contributed by atoms with E-state index in [1.165, 1.54) is 37.0 Å². The predicted octanol–water partition coefficient (Wildman–Crippen LogP) is 7.31. The molecule has 0 saturated heterocycles. The van der Waals surface area contributed by atoms with Crippen molar-refractivity contribution in [3.05, 3.63) is 15.8 Å². The Labute approximate surface area is 201 Å². The highest BCUT2D eigenvalue weighted by Gasteiger charge is 2.32. The summed E-state index contributed by atoms with van der Waals surface area (Å²) in [5, 5.41) is 20.1. The number of alkyl halides is 2. The van der Waals surface area contributed by atoms with E-state index >= 15 is 0 Å². The lowest BCUT2D eigenvalue weighted by molar-refractivity contribution is 0.0702. The highest BCUT2D eigenvalue weighted by atomic mass is 32.1. The molecule has 0 aliphatic heterocycles. The highest BCUT2D eigenvalue weighted by molar-refractivity contribution is 7.14. The Hall–Kier alpha value is -1.21. The molecule has 3 rings (SSSR count). The summed E-state index contributed by atoms with van der Waals surface area (Å²) in [5.74, 6) is 0.352. The van der Waals surface area contributed by atoms with Crippen LogP contribution in [0.5, 0.6) is 0 Å². The average Bonchev–Trinajstić information content (AvgIpc) is 3.22. The van der Waals surface area contributed by atoms with Gasteiger partial charge in [0.15, 0.2) is 0 Å². The van der Waals surface area contributed by atoms with Gasteiger partial charge in [0.05, 0.1) is 11.8 Å². The molecular formula is C26H41F2NO3S. The predicted molar refractivity (Wildman–Crippen MR) is 131 cm³/mol. The maximum absolute atomic E-state index is 12.9. The van der Waals surface area contributed by atoms with E-state index in [4.69, 9.17) is 0 Å². The number of aliphatic hydroxyl groups excluding tert-OH is 1. The molecule has 2 N–H and O–H groups in total. The molecule has 1 unspecified atom stereocenters. The molecule has 0 spiro atoms. The Morgan fingerprint density at radius 2 is 1.76 bits per heavy atom. The second-order valence-electron chi connectivity index (χ2n) is 10.4. The third-order valence-corrected chi connectivity index (χ3v) is 8.98. The fourth-order valence-electron chi connectivity index (χ4n) is 5.68. The van der Waals surface area contributed by atoms with Gasteiger partial charge >= 0.3 is 5.97 Å². The maximum atomic E-state index is 12.9. The second-order valence-corrected chi connectivity index (χ2v) is 11.4. The molecule has 0 amide bonds. The molecule has 33 heavy (non-hydrogen) atoms. The van der Waals surface area contributed by atoms with E-state index in [2.05, 4.69) is 11.8 Å². The third kappa shape index (κ3) is 7.38. The summed E-state index contributed by atoms with van der Waals surface area (Å²) in [4.78, 5) is 15.9. The highest BCUT2D eigenvalue weighted by Crippen LogP contribution is 2.42. The summed E-state index contributed by atoms with van der Waals surface area (Å²) in [7, 11) is 0. The molecule has 1 aromatic rings. The monoisotopic (exact) mass is 485 g/mol. The third-order valence-electron chi connectivity index (χ3n) is 7.71. The standard InChI is InChI=1S/C26H41F2NO3S/c1-3-4-19(9-14-24(27)28)23-15-22(25(33-23)26(31)32)29(20-10-12-21(30)13-11-20)16-18-7-5-17(2)6-8-18/h15,17-21,24,30H,3-14,16H2,1-2H3,(H,31,32). The lowest BCUT2D eigenvalue weighted by atomic mass is 9.82. The Kier molecular flexibility index (Phi) is 9.98. The summed E-state index contributed by atoms with van der Waals surface area (Å²) in [5.41, 5.74) is 0.778. The number of hydrogen-bond acceptors (Lipinski definition) is 4. The van der Waals surface area contributed by atoms with Gasteiger partial charge in [-0.3, -0.25) is 0 Å². The number of carbonyl (C=O) groups is 1. The first kappa shape index (κ1) is 26.4. The lowest BCUT2D eigenvalue weighted by Crippen LogP contribution is -2.43. The van der Waals surface area contributed by atoms with Crippen LogP contribution in [-0.2, 0) is 0 Å². The number of carboxylic acids is 1.